The molecule has 38 heavy (non-hydrogen) atoms. The lowest BCUT2D eigenvalue weighted by atomic mass is 10.0. The number of fused-ring (bicyclic) bond motifs is 1. The Hall–Kier alpha value is -3.92. The number of aryl methyl sites for hydroxylation is 1. The van der Waals surface area contributed by atoms with Gasteiger partial charge in [0, 0.05) is 23.3 Å². The van der Waals surface area contributed by atoms with E-state index < -0.39 is 40.5 Å². The first-order valence-electron chi connectivity index (χ1n) is 12.2. The van der Waals surface area contributed by atoms with Crippen LogP contribution in [-0.2, 0) is 12.8 Å². The molecule has 0 N–H and O–H groups in total. The molecule has 0 amide bonds. The number of hydrogen-bond acceptors (Lipinski definition) is 1. The quantitative estimate of drug-likeness (QED) is 0.127. The largest absolute Gasteiger partial charge is 0.493 e. The molecule has 0 aliphatic heterocycles. The van der Waals surface area contributed by atoms with Crippen LogP contribution in [-0.4, -0.2) is 6.61 Å². The smallest absolute Gasteiger partial charge is 0.159 e. The van der Waals surface area contributed by atoms with Gasteiger partial charge in [0.25, 0.3) is 0 Å². The van der Waals surface area contributed by atoms with Crippen molar-refractivity contribution in [1.29, 1.82) is 0 Å². The Bertz CT molecular complexity index is 1490. The predicted molar refractivity (Wildman–Crippen MR) is 135 cm³/mol. The maximum absolute atomic E-state index is 14.7. The molecule has 0 saturated carbocycles. The highest BCUT2D eigenvalue weighted by Crippen LogP contribution is 2.24. The molecular weight excluding hydrogens is 502 g/mol. The molecule has 0 aromatic heterocycles. The van der Waals surface area contributed by atoms with Gasteiger partial charge in [0.05, 0.1) is 12.2 Å². The van der Waals surface area contributed by atoms with Crippen LogP contribution in [0, 0.1) is 46.7 Å². The highest BCUT2D eigenvalue weighted by molar-refractivity contribution is 5.84. The molecule has 0 bridgehead atoms. The molecule has 0 saturated heterocycles. The molecule has 0 radical (unpaired) electrons. The Kier molecular flexibility index (Phi) is 8.62. The second-order valence-electron chi connectivity index (χ2n) is 8.93. The van der Waals surface area contributed by atoms with Crippen LogP contribution in [0.3, 0.4) is 0 Å². The first kappa shape index (κ1) is 27.1. The van der Waals surface area contributed by atoms with Gasteiger partial charge in [0.2, 0.25) is 0 Å². The SMILES string of the molecule is CCCCCOc1cc(F)c(CCc2cc(F)c(C#Cc3ccc4cc(F)c(F)cc4c3)c(F)c2)c(F)c1. The first-order chi connectivity index (χ1) is 18.2. The minimum Gasteiger partial charge on any atom is -0.493 e. The van der Waals surface area contributed by atoms with Crippen molar-refractivity contribution in [1.82, 2.24) is 0 Å². The third-order valence-corrected chi connectivity index (χ3v) is 6.11. The normalized spacial score (nSPS) is 10.9. The topological polar surface area (TPSA) is 9.23 Å². The summed E-state index contributed by atoms with van der Waals surface area (Å²) in [5, 5.41) is 0.848. The number of rotatable bonds is 8. The number of unbranched alkanes of at least 4 members (excludes halogenated alkanes) is 2. The van der Waals surface area contributed by atoms with Crippen molar-refractivity contribution in [2.75, 3.05) is 6.61 Å². The lowest BCUT2D eigenvalue weighted by Gasteiger charge is -2.10. The molecule has 0 spiro atoms. The van der Waals surface area contributed by atoms with Crippen LogP contribution in [0.5, 0.6) is 5.75 Å². The molecule has 4 aromatic carbocycles. The fraction of sp³-hybridized carbons (Fsp3) is 0.226. The summed E-state index contributed by atoms with van der Waals surface area (Å²) in [7, 11) is 0. The summed E-state index contributed by atoms with van der Waals surface area (Å²) in [6.45, 7) is 2.40. The van der Waals surface area contributed by atoms with Crippen LogP contribution >= 0.6 is 0 Å². The van der Waals surface area contributed by atoms with Crippen LogP contribution in [0.1, 0.15) is 48.4 Å². The fourth-order valence-corrected chi connectivity index (χ4v) is 4.06. The van der Waals surface area contributed by atoms with Gasteiger partial charge in [-0.1, -0.05) is 37.7 Å². The Morgan fingerprint density at radius 3 is 1.95 bits per heavy atom. The minimum absolute atomic E-state index is 0.00110. The van der Waals surface area contributed by atoms with E-state index in [0.29, 0.717) is 22.9 Å². The van der Waals surface area contributed by atoms with E-state index in [1.54, 1.807) is 0 Å². The van der Waals surface area contributed by atoms with Gasteiger partial charge in [0.15, 0.2) is 11.6 Å². The molecule has 1 nitrogen and oxygen atoms in total. The van der Waals surface area contributed by atoms with E-state index in [4.69, 9.17) is 4.74 Å². The molecule has 4 rings (SSSR count). The van der Waals surface area contributed by atoms with Crippen LogP contribution in [0.2, 0.25) is 0 Å². The Labute approximate surface area is 217 Å². The fourth-order valence-electron chi connectivity index (χ4n) is 4.06. The average molecular weight is 527 g/mol. The van der Waals surface area contributed by atoms with Gasteiger partial charge in [-0.3, -0.25) is 0 Å². The molecule has 0 unspecified atom stereocenters. The second kappa shape index (κ2) is 12.1. The van der Waals surface area contributed by atoms with Crippen molar-refractivity contribution in [3.8, 4) is 17.6 Å². The van der Waals surface area contributed by atoms with Crippen molar-refractivity contribution in [2.24, 2.45) is 0 Å². The predicted octanol–water partition coefficient (Wildman–Crippen LogP) is 8.43. The standard InChI is InChI=1S/C31H24F6O/c1-2-3-4-11-38-23-17-28(34)25(29(35)18-23)10-7-20-13-26(32)24(27(33)14-20)9-6-19-5-8-21-15-30(36)31(37)16-22(21)12-19/h5,8,12-18H,2-4,7,10-11H2,1H3. The number of ether oxygens (including phenoxy) is 1. The van der Waals surface area contributed by atoms with Crippen LogP contribution in [0.25, 0.3) is 10.8 Å². The Morgan fingerprint density at radius 1 is 0.632 bits per heavy atom. The summed E-state index contributed by atoms with van der Waals surface area (Å²) in [6, 6.07) is 11.0. The van der Waals surface area contributed by atoms with Crippen molar-refractivity contribution < 1.29 is 31.1 Å². The van der Waals surface area contributed by atoms with E-state index in [1.165, 1.54) is 18.2 Å². The third-order valence-electron chi connectivity index (χ3n) is 6.11. The van der Waals surface area contributed by atoms with Gasteiger partial charge in [-0.05, 0) is 72.0 Å². The molecule has 0 heterocycles. The van der Waals surface area contributed by atoms with Gasteiger partial charge in [-0.25, -0.2) is 26.3 Å². The molecule has 0 aliphatic carbocycles. The maximum Gasteiger partial charge on any atom is 0.159 e. The average Bonchev–Trinajstić information content (AvgIpc) is 2.86. The first-order valence-corrected chi connectivity index (χ1v) is 12.2. The zero-order valence-corrected chi connectivity index (χ0v) is 20.6. The summed E-state index contributed by atoms with van der Waals surface area (Å²) < 4.78 is 90.6. The van der Waals surface area contributed by atoms with Crippen LogP contribution in [0.4, 0.5) is 26.3 Å². The number of benzene rings is 4. The van der Waals surface area contributed by atoms with Gasteiger partial charge in [-0.15, -0.1) is 0 Å². The Morgan fingerprint density at radius 2 is 1.29 bits per heavy atom. The summed E-state index contributed by atoms with van der Waals surface area (Å²) >= 11 is 0. The number of hydrogen-bond donors (Lipinski definition) is 0. The molecule has 4 aromatic rings. The van der Waals surface area contributed by atoms with Gasteiger partial charge < -0.3 is 4.74 Å². The lowest BCUT2D eigenvalue weighted by molar-refractivity contribution is 0.302. The van der Waals surface area contributed by atoms with Crippen molar-refractivity contribution in [2.45, 2.75) is 39.0 Å². The third kappa shape index (κ3) is 6.49. The van der Waals surface area contributed by atoms with Crippen molar-refractivity contribution in [3.63, 3.8) is 0 Å². The van der Waals surface area contributed by atoms with E-state index in [-0.39, 0.29) is 29.7 Å². The van der Waals surface area contributed by atoms with Crippen LogP contribution in [0.15, 0.2) is 54.6 Å². The van der Waals surface area contributed by atoms with E-state index in [2.05, 4.69) is 11.8 Å². The van der Waals surface area contributed by atoms with E-state index in [1.807, 2.05) is 6.92 Å². The summed E-state index contributed by atoms with van der Waals surface area (Å²) in [5.41, 5.74) is -0.0909. The summed E-state index contributed by atoms with van der Waals surface area (Å²) in [6.07, 6.45) is 2.62. The lowest BCUT2D eigenvalue weighted by Crippen LogP contribution is -2.03. The van der Waals surface area contributed by atoms with Gasteiger partial charge in [-0.2, -0.15) is 0 Å². The monoisotopic (exact) mass is 526 g/mol. The highest BCUT2D eigenvalue weighted by atomic mass is 19.2. The van der Waals surface area contributed by atoms with Gasteiger partial charge >= 0.3 is 0 Å². The van der Waals surface area contributed by atoms with E-state index in [0.717, 1.165) is 55.7 Å². The molecule has 0 aliphatic rings. The van der Waals surface area contributed by atoms with E-state index >= 15 is 0 Å². The molecule has 7 heteroatoms. The summed E-state index contributed by atoms with van der Waals surface area (Å²) in [4.78, 5) is 0. The summed E-state index contributed by atoms with van der Waals surface area (Å²) in [5.74, 6) is -0.220. The molecule has 0 atom stereocenters. The Balaban J connectivity index is 1.47. The zero-order valence-electron chi connectivity index (χ0n) is 20.6. The van der Waals surface area contributed by atoms with Crippen LogP contribution < -0.4 is 4.74 Å². The minimum atomic E-state index is -1.01. The molecule has 0 fully saturated rings. The van der Waals surface area contributed by atoms with Gasteiger partial charge in [0.1, 0.15) is 29.0 Å². The molecule has 196 valence electrons. The molecular formula is C31H24F6O. The van der Waals surface area contributed by atoms with Crippen molar-refractivity contribution in [3.05, 3.63) is 112 Å². The zero-order chi connectivity index (χ0) is 27.2. The van der Waals surface area contributed by atoms with E-state index in [9.17, 15) is 26.3 Å². The highest BCUT2D eigenvalue weighted by Gasteiger charge is 2.15. The number of halogens is 6. The van der Waals surface area contributed by atoms with Crippen molar-refractivity contribution >= 4 is 10.8 Å². The maximum atomic E-state index is 14.7. The second-order valence-corrected chi connectivity index (χ2v) is 8.93.